The minimum Gasteiger partial charge on any atom is -0.484 e. The number of carbonyl (C=O) groups excluding carboxylic acids is 3. The maximum atomic E-state index is 12.2. The second-order valence-corrected chi connectivity index (χ2v) is 8.84. The van der Waals surface area contributed by atoms with Crippen molar-refractivity contribution in [1.82, 2.24) is 20.4 Å². The quantitative estimate of drug-likeness (QED) is 0.557. The summed E-state index contributed by atoms with van der Waals surface area (Å²) < 4.78 is 10.8. The molecule has 1 atom stereocenters. The highest BCUT2D eigenvalue weighted by Crippen LogP contribution is 2.12. The SMILES string of the molecule is C[C@H](NC(=O)COc1ccccc1)C(=O)NCCCN1CCN(C(=O)OC(C)(C)C)CC1. The van der Waals surface area contributed by atoms with Gasteiger partial charge < -0.3 is 25.0 Å². The third kappa shape index (κ3) is 9.55. The van der Waals surface area contributed by atoms with Gasteiger partial charge in [0.25, 0.3) is 5.91 Å². The molecule has 0 aromatic heterocycles. The Labute approximate surface area is 190 Å². The van der Waals surface area contributed by atoms with Crippen molar-refractivity contribution in [2.24, 2.45) is 0 Å². The molecule has 1 fully saturated rings. The molecule has 1 aliphatic rings. The molecule has 9 nitrogen and oxygen atoms in total. The number of carbonyl (C=O) groups is 3. The Morgan fingerprint density at radius 3 is 2.34 bits per heavy atom. The Balaban J connectivity index is 1.56. The predicted molar refractivity (Wildman–Crippen MR) is 121 cm³/mol. The van der Waals surface area contributed by atoms with Gasteiger partial charge in [-0.05, 0) is 52.8 Å². The van der Waals surface area contributed by atoms with Crippen LogP contribution in [0.1, 0.15) is 34.1 Å². The van der Waals surface area contributed by atoms with Crippen LogP contribution in [0.5, 0.6) is 5.75 Å². The van der Waals surface area contributed by atoms with E-state index in [1.807, 2.05) is 39.0 Å². The van der Waals surface area contributed by atoms with Crippen LogP contribution < -0.4 is 15.4 Å². The van der Waals surface area contributed by atoms with Gasteiger partial charge in [-0.1, -0.05) is 18.2 Å². The van der Waals surface area contributed by atoms with E-state index in [2.05, 4.69) is 15.5 Å². The van der Waals surface area contributed by atoms with E-state index in [-0.39, 0.29) is 24.5 Å². The second-order valence-electron chi connectivity index (χ2n) is 8.84. The van der Waals surface area contributed by atoms with Crippen molar-refractivity contribution >= 4 is 17.9 Å². The van der Waals surface area contributed by atoms with Gasteiger partial charge in [0.2, 0.25) is 5.91 Å². The van der Waals surface area contributed by atoms with Crippen molar-refractivity contribution in [3.05, 3.63) is 30.3 Å². The van der Waals surface area contributed by atoms with Gasteiger partial charge in [-0.25, -0.2) is 4.79 Å². The third-order valence-electron chi connectivity index (χ3n) is 4.86. The lowest BCUT2D eigenvalue weighted by Crippen LogP contribution is -2.50. The molecule has 1 heterocycles. The van der Waals surface area contributed by atoms with Gasteiger partial charge in [0.05, 0.1) is 0 Å². The molecule has 0 unspecified atom stereocenters. The first-order chi connectivity index (χ1) is 15.1. The van der Waals surface area contributed by atoms with E-state index in [1.54, 1.807) is 24.0 Å². The molecular formula is C23H36N4O5. The summed E-state index contributed by atoms with van der Waals surface area (Å²) in [4.78, 5) is 40.3. The van der Waals surface area contributed by atoms with Gasteiger partial charge in [-0.15, -0.1) is 0 Å². The van der Waals surface area contributed by atoms with Gasteiger partial charge in [-0.2, -0.15) is 0 Å². The number of nitrogens with one attached hydrogen (secondary N) is 2. The molecule has 1 saturated heterocycles. The molecule has 2 N–H and O–H groups in total. The predicted octanol–water partition coefficient (Wildman–Crippen LogP) is 1.63. The maximum Gasteiger partial charge on any atom is 0.410 e. The lowest BCUT2D eigenvalue weighted by Gasteiger charge is -2.35. The lowest BCUT2D eigenvalue weighted by atomic mass is 10.2. The van der Waals surface area contributed by atoms with Crippen molar-refractivity contribution in [1.29, 1.82) is 0 Å². The molecule has 1 aromatic carbocycles. The summed E-state index contributed by atoms with van der Waals surface area (Å²) in [6.07, 6.45) is 0.519. The summed E-state index contributed by atoms with van der Waals surface area (Å²) in [6.45, 7) is 11.3. The van der Waals surface area contributed by atoms with Crippen molar-refractivity contribution in [2.75, 3.05) is 45.9 Å². The lowest BCUT2D eigenvalue weighted by molar-refractivity contribution is -0.129. The molecule has 0 saturated carbocycles. The molecular weight excluding hydrogens is 412 g/mol. The summed E-state index contributed by atoms with van der Waals surface area (Å²) >= 11 is 0. The summed E-state index contributed by atoms with van der Waals surface area (Å²) in [6, 6.07) is 8.40. The largest absolute Gasteiger partial charge is 0.484 e. The van der Waals surface area contributed by atoms with Gasteiger partial charge in [-0.3, -0.25) is 14.5 Å². The van der Waals surface area contributed by atoms with Crippen LogP contribution >= 0.6 is 0 Å². The average Bonchev–Trinajstić information content (AvgIpc) is 2.75. The van der Waals surface area contributed by atoms with Crippen LogP contribution in [0.3, 0.4) is 0 Å². The topological polar surface area (TPSA) is 100 Å². The molecule has 2 rings (SSSR count). The van der Waals surface area contributed by atoms with Crippen LogP contribution in [0, 0.1) is 0 Å². The maximum absolute atomic E-state index is 12.2. The van der Waals surface area contributed by atoms with Gasteiger partial charge in [0.15, 0.2) is 6.61 Å². The molecule has 32 heavy (non-hydrogen) atoms. The van der Waals surface area contributed by atoms with E-state index in [0.717, 1.165) is 26.1 Å². The summed E-state index contributed by atoms with van der Waals surface area (Å²) in [5.74, 6) is 0.0267. The van der Waals surface area contributed by atoms with E-state index in [4.69, 9.17) is 9.47 Å². The third-order valence-corrected chi connectivity index (χ3v) is 4.86. The molecule has 1 aliphatic heterocycles. The number of hydrogen-bond donors (Lipinski definition) is 2. The van der Waals surface area contributed by atoms with Crippen LogP contribution in [0.2, 0.25) is 0 Å². The van der Waals surface area contributed by atoms with Crippen molar-refractivity contribution in [2.45, 2.75) is 45.8 Å². The monoisotopic (exact) mass is 448 g/mol. The van der Waals surface area contributed by atoms with Crippen molar-refractivity contribution in [3.63, 3.8) is 0 Å². The van der Waals surface area contributed by atoms with Crippen LogP contribution in [-0.2, 0) is 14.3 Å². The average molecular weight is 449 g/mol. The minimum atomic E-state index is -0.640. The van der Waals surface area contributed by atoms with Crippen LogP contribution in [0.25, 0.3) is 0 Å². The number of ether oxygens (including phenoxy) is 2. The number of hydrogen-bond acceptors (Lipinski definition) is 6. The van der Waals surface area contributed by atoms with E-state index in [0.29, 0.717) is 25.4 Å². The zero-order valence-electron chi connectivity index (χ0n) is 19.6. The normalized spacial score (nSPS) is 15.6. The zero-order valence-corrected chi connectivity index (χ0v) is 19.6. The molecule has 0 spiro atoms. The highest BCUT2D eigenvalue weighted by Gasteiger charge is 2.25. The van der Waals surface area contributed by atoms with Gasteiger partial charge in [0.1, 0.15) is 17.4 Å². The number of benzene rings is 1. The minimum absolute atomic E-state index is 0.142. The Hall–Kier alpha value is -2.81. The van der Waals surface area contributed by atoms with Gasteiger partial charge >= 0.3 is 6.09 Å². The smallest absolute Gasteiger partial charge is 0.410 e. The summed E-state index contributed by atoms with van der Waals surface area (Å²) in [5.41, 5.74) is -0.488. The highest BCUT2D eigenvalue weighted by molar-refractivity contribution is 5.87. The molecule has 3 amide bonds. The van der Waals surface area contributed by atoms with Crippen LogP contribution in [0.4, 0.5) is 4.79 Å². The number of para-hydroxylation sites is 1. The molecule has 178 valence electrons. The first-order valence-electron chi connectivity index (χ1n) is 11.1. The Morgan fingerprint density at radius 1 is 1.06 bits per heavy atom. The molecule has 0 aliphatic carbocycles. The first kappa shape index (κ1) is 25.5. The van der Waals surface area contributed by atoms with E-state index < -0.39 is 11.6 Å². The fourth-order valence-electron chi connectivity index (χ4n) is 3.16. The molecule has 0 radical (unpaired) electrons. The van der Waals surface area contributed by atoms with Crippen LogP contribution in [0.15, 0.2) is 30.3 Å². The van der Waals surface area contributed by atoms with Crippen molar-refractivity contribution in [3.8, 4) is 5.75 Å². The van der Waals surface area contributed by atoms with Gasteiger partial charge in [0, 0.05) is 32.7 Å². The Bertz CT molecular complexity index is 743. The van der Waals surface area contributed by atoms with Crippen molar-refractivity contribution < 1.29 is 23.9 Å². The summed E-state index contributed by atoms with van der Waals surface area (Å²) in [7, 11) is 0. The van der Waals surface area contributed by atoms with E-state index >= 15 is 0 Å². The number of nitrogens with zero attached hydrogens (tertiary/aromatic N) is 2. The summed E-state index contributed by atoms with van der Waals surface area (Å²) in [5, 5.41) is 5.48. The van der Waals surface area contributed by atoms with E-state index in [1.165, 1.54) is 0 Å². The molecule has 9 heteroatoms. The fourth-order valence-corrected chi connectivity index (χ4v) is 3.16. The highest BCUT2D eigenvalue weighted by atomic mass is 16.6. The molecule has 1 aromatic rings. The van der Waals surface area contributed by atoms with Crippen LogP contribution in [-0.4, -0.2) is 85.2 Å². The second kappa shape index (κ2) is 12.3. The van der Waals surface area contributed by atoms with E-state index in [9.17, 15) is 14.4 Å². The number of piperazine rings is 1. The fraction of sp³-hybridized carbons (Fsp3) is 0.609. The first-order valence-corrected chi connectivity index (χ1v) is 11.1. The molecule has 0 bridgehead atoms. The number of amides is 3. The number of rotatable bonds is 9. The Morgan fingerprint density at radius 2 is 1.72 bits per heavy atom. The standard InChI is InChI=1S/C23H36N4O5/c1-18(25-20(28)17-31-19-9-6-5-7-10-19)21(29)24-11-8-12-26-13-15-27(16-14-26)22(30)32-23(2,3)4/h5-7,9-10,18H,8,11-17H2,1-4H3,(H,24,29)(H,25,28)/t18-/m0/s1. The zero-order chi connectivity index (χ0) is 23.6. The Kier molecular flexibility index (Phi) is 9.77.